The fourth-order valence-corrected chi connectivity index (χ4v) is 7.39. The number of phenols is 1. The van der Waals surface area contributed by atoms with Crippen LogP contribution in [0.4, 0.5) is 5.95 Å². The van der Waals surface area contributed by atoms with E-state index in [0.29, 0.717) is 18.2 Å². The van der Waals surface area contributed by atoms with E-state index in [1.54, 1.807) is 0 Å². The summed E-state index contributed by atoms with van der Waals surface area (Å²) in [4.78, 5) is 8.94. The van der Waals surface area contributed by atoms with Crippen molar-refractivity contribution in [3.8, 4) is 5.75 Å². The summed E-state index contributed by atoms with van der Waals surface area (Å²) >= 11 is 0. The van der Waals surface area contributed by atoms with Crippen molar-refractivity contribution >= 4 is 13.1 Å². The summed E-state index contributed by atoms with van der Waals surface area (Å²) in [7, 11) is -2.47. The minimum atomic E-state index is -2.47. The highest BCUT2D eigenvalue weighted by atomic mass is 31.2. The van der Waals surface area contributed by atoms with Gasteiger partial charge in [-0.15, -0.1) is 0 Å². The summed E-state index contributed by atoms with van der Waals surface area (Å²) in [6.07, 6.45) is 3.23. The number of anilines is 1. The van der Waals surface area contributed by atoms with Crippen molar-refractivity contribution in [2.45, 2.75) is 60.0 Å². The normalized spacial score (nSPS) is 12.8. The van der Waals surface area contributed by atoms with Gasteiger partial charge in [0.1, 0.15) is 5.75 Å². The van der Waals surface area contributed by atoms with Crippen molar-refractivity contribution in [2.75, 3.05) is 24.2 Å². The Balaban J connectivity index is 2.44. The Morgan fingerprint density at radius 3 is 1.93 bits per heavy atom. The highest BCUT2D eigenvalue weighted by Gasteiger charge is 2.33. The van der Waals surface area contributed by atoms with E-state index < -0.39 is 7.14 Å². The Kier molecular flexibility index (Phi) is 7.65. The number of hydrogen-bond donors (Lipinski definition) is 2. The molecule has 0 spiro atoms. The van der Waals surface area contributed by atoms with Crippen LogP contribution < -0.4 is 5.32 Å². The van der Waals surface area contributed by atoms with Crippen molar-refractivity contribution in [3.63, 3.8) is 0 Å². The second-order valence-electron chi connectivity index (χ2n) is 7.77. The molecule has 154 valence electrons. The maximum absolute atomic E-state index is 14.0. The molecule has 0 fully saturated rings. The number of nitrogens with one attached hydrogen (secondary N) is 1. The number of hydrogen-bond acceptors (Lipinski definition) is 5. The van der Waals surface area contributed by atoms with Gasteiger partial charge in [0.25, 0.3) is 0 Å². The topological polar surface area (TPSA) is 75.1 Å². The van der Waals surface area contributed by atoms with Crippen molar-refractivity contribution in [2.24, 2.45) is 0 Å². The summed E-state index contributed by atoms with van der Waals surface area (Å²) in [5.41, 5.74) is 4.36. The monoisotopic (exact) mass is 403 g/mol. The van der Waals surface area contributed by atoms with E-state index in [1.807, 2.05) is 45.9 Å². The fourth-order valence-electron chi connectivity index (χ4n) is 3.91. The van der Waals surface area contributed by atoms with Gasteiger partial charge >= 0.3 is 0 Å². The molecule has 28 heavy (non-hydrogen) atoms. The molecule has 0 radical (unpaired) electrons. The Morgan fingerprint density at radius 1 is 0.964 bits per heavy atom. The number of aromatic hydroxyl groups is 1. The van der Waals surface area contributed by atoms with Crippen LogP contribution >= 0.6 is 7.14 Å². The van der Waals surface area contributed by atoms with Crippen molar-refractivity contribution in [3.05, 3.63) is 46.3 Å². The van der Waals surface area contributed by atoms with Crippen LogP contribution in [0.15, 0.2) is 18.2 Å². The van der Waals surface area contributed by atoms with E-state index in [2.05, 4.69) is 29.1 Å². The van der Waals surface area contributed by atoms with Crippen molar-refractivity contribution < 1.29 is 9.67 Å². The number of phenolic OH excluding ortho intramolecular Hbond substituents is 1. The third-order valence-electron chi connectivity index (χ3n) is 5.11. The van der Waals surface area contributed by atoms with Crippen molar-refractivity contribution in [1.82, 2.24) is 9.97 Å². The van der Waals surface area contributed by atoms with Crippen LogP contribution in [0.3, 0.4) is 0 Å². The smallest absolute Gasteiger partial charge is 0.223 e. The molecule has 0 aliphatic rings. The van der Waals surface area contributed by atoms with Gasteiger partial charge in [-0.25, -0.2) is 9.97 Å². The first-order chi connectivity index (χ1) is 13.2. The molecule has 0 amide bonds. The lowest BCUT2D eigenvalue weighted by Gasteiger charge is -2.29. The average Bonchev–Trinajstić information content (AvgIpc) is 2.59. The minimum absolute atomic E-state index is 0.130. The molecule has 0 aliphatic heterocycles. The molecule has 1 unspecified atom stereocenters. The molecule has 1 heterocycles. The van der Waals surface area contributed by atoms with Gasteiger partial charge in [-0.2, -0.15) is 0 Å². The van der Waals surface area contributed by atoms with E-state index >= 15 is 0 Å². The zero-order valence-electron chi connectivity index (χ0n) is 18.0. The van der Waals surface area contributed by atoms with E-state index in [0.717, 1.165) is 53.2 Å². The Labute approximate surface area is 169 Å². The van der Waals surface area contributed by atoms with Crippen LogP contribution in [0.25, 0.3) is 0 Å². The molecule has 0 saturated carbocycles. The van der Waals surface area contributed by atoms with Gasteiger partial charge in [0, 0.05) is 30.3 Å². The van der Waals surface area contributed by atoms with Gasteiger partial charge in [-0.05, 0) is 63.3 Å². The predicted molar refractivity (Wildman–Crippen MR) is 118 cm³/mol. The van der Waals surface area contributed by atoms with Gasteiger partial charge in [-0.3, -0.25) is 0 Å². The summed E-state index contributed by atoms with van der Waals surface area (Å²) in [6.45, 7) is 12.4. The first-order valence-corrected chi connectivity index (χ1v) is 12.3. The van der Waals surface area contributed by atoms with Crippen LogP contribution in [0.1, 0.15) is 60.4 Å². The van der Waals surface area contributed by atoms with Crippen LogP contribution in [-0.4, -0.2) is 33.9 Å². The molecule has 2 aromatic rings. The quantitative estimate of drug-likeness (QED) is 0.521. The third kappa shape index (κ3) is 5.35. The zero-order chi connectivity index (χ0) is 20.9. The van der Waals surface area contributed by atoms with Crippen LogP contribution in [0.2, 0.25) is 0 Å². The lowest BCUT2D eigenvalue weighted by Crippen LogP contribution is -2.18. The number of aromatic nitrogens is 2. The van der Waals surface area contributed by atoms with Gasteiger partial charge in [-0.1, -0.05) is 26.0 Å². The van der Waals surface area contributed by atoms with Gasteiger partial charge in [0.05, 0.1) is 12.8 Å². The minimum Gasteiger partial charge on any atom is -0.507 e. The summed E-state index contributed by atoms with van der Waals surface area (Å²) < 4.78 is 14.0. The predicted octanol–water partition coefficient (Wildman–Crippen LogP) is 5.75. The molecule has 2 N–H and O–H groups in total. The molecular formula is C22H34N3O2P. The van der Waals surface area contributed by atoms with Crippen LogP contribution in [-0.2, 0) is 4.57 Å². The van der Waals surface area contributed by atoms with E-state index in [9.17, 15) is 9.67 Å². The summed E-state index contributed by atoms with van der Waals surface area (Å²) in [5.74, 6) is 0.892. The second-order valence-corrected chi connectivity index (χ2v) is 11.2. The Bertz CT molecular complexity index is 814. The highest BCUT2D eigenvalue weighted by molar-refractivity contribution is 7.64. The number of rotatable bonds is 9. The van der Waals surface area contributed by atoms with E-state index in [4.69, 9.17) is 0 Å². The molecular weight excluding hydrogens is 369 g/mol. The summed E-state index contributed by atoms with van der Waals surface area (Å²) in [5, 5.41) is 13.5. The SMILES string of the molecule is CCCP(=O)(CCC)C(CNc1nc(C)cc(C)n1)c1cc(C)c(O)c(C)c1. The fraction of sp³-hybridized carbons (Fsp3) is 0.545. The van der Waals surface area contributed by atoms with Gasteiger partial charge in [0.15, 0.2) is 0 Å². The highest BCUT2D eigenvalue weighted by Crippen LogP contribution is 2.60. The van der Waals surface area contributed by atoms with Gasteiger partial charge < -0.3 is 15.0 Å². The molecule has 1 atom stereocenters. The molecule has 1 aromatic carbocycles. The largest absolute Gasteiger partial charge is 0.507 e. The Hall–Kier alpha value is -1.87. The lowest BCUT2D eigenvalue weighted by molar-refractivity contribution is 0.466. The molecule has 2 rings (SSSR count). The molecule has 0 aliphatic carbocycles. The van der Waals surface area contributed by atoms with Gasteiger partial charge in [0.2, 0.25) is 5.95 Å². The van der Waals surface area contributed by atoms with E-state index in [-0.39, 0.29) is 5.66 Å². The van der Waals surface area contributed by atoms with Crippen LogP contribution in [0, 0.1) is 27.7 Å². The Morgan fingerprint density at radius 2 is 1.46 bits per heavy atom. The van der Waals surface area contributed by atoms with E-state index in [1.165, 1.54) is 0 Å². The molecule has 1 aromatic heterocycles. The average molecular weight is 404 g/mol. The summed E-state index contributed by atoms with van der Waals surface area (Å²) in [6, 6.07) is 5.90. The maximum Gasteiger partial charge on any atom is 0.223 e. The first kappa shape index (κ1) is 22.4. The second kappa shape index (κ2) is 9.56. The molecule has 0 bridgehead atoms. The number of benzene rings is 1. The standard InChI is InChI=1S/C22H34N3O2P/c1-7-9-28(27,10-8-2)20(19-11-15(3)21(26)16(4)12-19)14-23-22-24-17(5)13-18(6)25-22/h11-13,20,26H,7-10,14H2,1-6H3,(H,23,24,25). The zero-order valence-corrected chi connectivity index (χ0v) is 18.9. The lowest BCUT2D eigenvalue weighted by atomic mass is 10.0. The first-order valence-electron chi connectivity index (χ1n) is 10.1. The number of aryl methyl sites for hydroxylation is 4. The maximum atomic E-state index is 14.0. The molecule has 6 heteroatoms. The molecule has 5 nitrogen and oxygen atoms in total. The third-order valence-corrected chi connectivity index (χ3v) is 9.13. The molecule has 0 saturated heterocycles. The van der Waals surface area contributed by atoms with Crippen molar-refractivity contribution in [1.29, 1.82) is 0 Å². The van der Waals surface area contributed by atoms with Crippen LogP contribution in [0.5, 0.6) is 5.75 Å². The number of nitrogens with zero attached hydrogens (tertiary/aromatic N) is 2.